The molecule has 0 saturated carbocycles. The number of hydrogen-bond donors (Lipinski definition) is 0. The summed E-state index contributed by atoms with van der Waals surface area (Å²) in [5.74, 6) is 0. The lowest BCUT2D eigenvalue weighted by molar-refractivity contribution is -0.147. The van der Waals surface area contributed by atoms with E-state index in [1.165, 1.54) is 50.6 Å². The first-order valence-corrected chi connectivity index (χ1v) is 18.7. The van der Waals surface area contributed by atoms with Crippen LogP contribution in [0.3, 0.4) is 0 Å². The molecule has 0 aromatic heterocycles. The van der Waals surface area contributed by atoms with Crippen LogP contribution in [0.1, 0.15) is 105 Å². The highest BCUT2D eigenvalue weighted by molar-refractivity contribution is 6.55. The van der Waals surface area contributed by atoms with Gasteiger partial charge in [-0.25, -0.2) is 0 Å². The standard InChI is InChI=1S/C30H58O4Si2/c1-5-9-21-31-29(32-22-10-6-2)15-13-25-35-27-17-19-28(20-18-27)36-26-14-16-30(33-23-11-7-3)34-24-12-8-4/h17-20,29-30H,5-16,21-26,35-36H2,1-4H3. The molecule has 0 aliphatic carbocycles. The van der Waals surface area contributed by atoms with Crippen molar-refractivity contribution < 1.29 is 18.9 Å². The fourth-order valence-electron chi connectivity index (χ4n) is 4.02. The molecule has 4 nitrogen and oxygen atoms in total. The maximum Gasteiger partial charge on any atom is 0.157 e. The number of benzene rings is 1. The van der Waals surface area contributed by atoms with E-state index in [0.29, 0.717) is 0 Å². The summed E-state index contributed by atoms with van der Waals surface area (Å²) in [6, 6.07) is 12.3. The van der Waals surface area contributed by atoms with Gasteiger partial charge in [-0.05, 0) is 38.5 Å². The summed E-state index contributed by atoms with van der Waals surface area (Å²) >= 11 is 0. The van der Waals surface area contributed by atoms with Crippen LogP contribution in [-0.2, 0) is 18.9 Å². The second-order valence-corrected chi connectivity index (χ2v) is 14.1. The van der Waals surface area contributed by atoms with E-state index in [4.69, 9.17) is 18.9 Å². The Kier molecular flexibility index (Phi) is 23.1. The van der Waals surface area contributed by atoms with Crippen molar-refractivity contribution in [2.75, 3.05) is 26.4 Å². The molecule has 0 aliphatic heterocycles. The molecule has 0 aliphatic rings. The highest BCUT2D eigenvalue weighted by atomic mass is 28.2. The van der Waals surface area contributed by atoms with Gasteiger partial charge in [0.2, 0.25) is 0 Å². The van der Waals surface area contributed by atoms with Crippen molar-refractivity contribution in [3.63, 3.8) is 0 Å². The van der Waals surface area contributed by atoms with Crippen molar-refractivity contribution in [3.05, 3.63) is 24.3 Å². The van der Waals surface area contributed by atoms with Gasteiger partial charge < -0.3 is 18.9 Å². The first-order valence-electron chi connectivity index (χ1n) is 15.3. The second-order valence-electron chi connectivity index (χ2n) is 10.1. The van der Waals surface area contributed by atoms with Crippen molar-refractivity contribution in [2.24, 2.45) is 0 Å². The van der Waals surface area contributed by atoms with Crippen LogP contribution in [0.15, 0.2) is 24.3 Å². The van der Waals surface area contributed by atoms with Crippen molar-refractivity contribution in [1.29, 1.82) is 0 Å². The lowest BCUT2D eigenvalue weighted by atomic mass is 10.3. The van der Waals surface area contributed by atoms with Crippen LogP contribution in [0.5, 0.6) is 0 Å². The molecule has 1 aromatic carbocycles. The average molecular weight is 539 g/mol. The molecule has 0 bridgehead atoms. The first kappa shape index (κ1) is 33.5. The van der Waals surface area contributed by atoms with Crippen molar-refractivity contribution >= 4 is 29.4 Å². The lowest BCUT2D eigenvalue weighted by Gasteiger charge is -2.18. The van der Waals surface area contributed by atoms with Gasteiger partial charge in [0.1, 0.15) is 0 Å². The normalized spacial score (nSPS) is 12.4. The molecule has 210 valence electrons. The molecular formula is C30H58O4Si2. The summed E-state index contributed by atoms with van der Waals surface area (Å²) in [5, 5.41) is 3.19. The quantitative estimate of drug-likeness (QED) is 0.0875. The van der Waals surface area contributed by atoms with E-state index in [1.807, 2.05) is 0 Å². The Hall–Kier alpha value is -0.506. The molecule has 0 atom stereocenters. The Balaban J connectivity index is 2.26. The Labute approximate surface area is 228 Å². The molecule has 0 fully saturated rings. The minimum Gasteiger partial charge on any atom is -0.353 e. The van der Waals surface area contributed by atoms with Crippen LogP contribution in [0.4, 0.5) is 0 Å². The maximum atomic E-state index is 5.99. The van der Waals surface area contributed by atoms with Gasteiger partial charge >= 0.3 is 0 Å². The molecule has 1 rings (SSSR count). The second kappa shape index (κ2) is 24.8. The van der Waals surface area contributed by atoms with Crippen LogP contribution in [0.25, 0.3) is 0 Å². The SMILES string of the molecule is CCCCOC(CCC[SiH2]c1ccc([SiH2]CCCC(OCCCC)OCCCC)cc1)OCCCC. The predicted molar refractivity (Wildman–Crippen MR) is 162 cm³/mol. The summed E-state index contributed by atoms with van der Waals surface area (Å²) in [6.07, 6.45) is 13.7. The van der Waals surface area contributed by atoms with E-state index < -0.39 is 0 Å². The smallest absolute Gasteiger partial charge is 0.157 e. The Bertz CT molecular complexity index is 514. The van der Waals surface area contributed by atoms with Gasteiger partial charge in [-0.1, -0.05) is 113 Å². The average Bonchev–Trinajstić information content (AvgIpc) is 2.89. The third-order valence-electron chi connectivity index (χ3n) is 6.54. The minimum atomic E-state index is -0.202. The summed E-state index contributed by atoms with van der Waals surface area (Å²) in [6.45, 7) is 12.1. The fourth-order valence-corrected chi connectivity index (χ4v) is 7.05. The van der Waals surface area contributed by atoms with Gasteiger partial charge in [-0.3, -0.25) is 0 Å². The predicted octanol–water partition coefficient (Wildman–Crippen LogP) is 5.59. The molecule has 0 amide bonds. The minimum absolute atomic E-state index is 0.000775. The maximum absolute atomic E-state index is 5.99. The van der Waals surface area contributed by atoms with Gasteiger partial charge in [0.15, 0.2) is 12.6 Å². The third-order valence-corrected chi connectivity index (χ3v) is 10.3. The number of ether oxygens (including phenoxy) is 4. The Morgan fingerprint density at radius 2 is 0.806 bits per heavy atom. The largest absolute Gasteiger partial charge is 0.353 e. The van der Waals surface area contributed by atoms with Gasteiger partial charge in [0, 0.05) is 26.4 Å². The van der Waals surface area contributed by atoms with Crippen LogP contribution < -0.4 is 10.4 Å². The van der Waals surface area contributed by atoms with E-state index in [-0.39, 0.29) is 31.6 Å². The number of unbranched alkanes of at least 4 members (excludes halogenated alkanes) is 4. The summed E-state index contributed by atoms with van der Waals surface area (Å²) in [5.41, 5.74) is 0. The van der Waals surface area contributed by atoms with Crippen LogP contribution >= 0.6 is 0 Å². The van der Waals surface area contributed by atoms with Gasteiger partial charge in [0.25, 0.3) is 0 Å². The molecule has 0 saturated heterocycles. The number of rotatable bonds is 26. The molecule has 0 unspecified atom stereocenters. The lowest BCUT2D eigenvalue weighted by Crippen LogP contribution is -2.22. The van der Waals surface area contributed by atoms with Crippen LogP contribution in [0.2, 0.25) is 12.1 Å². The highest BCUT2D eigenvalue weighted by Crippen LogP contribution is 2.11. The molecule has 6 heteroatoms. The van der Waals surface area contributed by atoms with Crippen molar-refractivity contribution in [1.82, 2.24) is 0 Å². The topological polar surface area (TPSA) is 36.9 Å². The summed E-state index contributed by atoms with van der Waals surface area (Å²) < 4.78 is 24.0. The van der Waals surface area contributed by atoms with Gasteiger partial charge in [0.05, 0.1) is 19.0 Å². The monoisotopic (exact) mass is 538 g/mol. The molecule has 0 heterocycles. The molecular weight excluding hydrogens is 480 g/mol. The van der Waals surface area contributed by atoms with Crippen molar-refractivity contribution in [2.45, 2.75) is 129 Å². The molecule has 36 heavy (non-hydrogen) atoms. The van der Waals surface area contributed by atoms with E-state index in [1.54, 1.807) is 10.4 Å². The molecule has 1 aromatic rings. The zero-order chi connectivity index (χ0) is 26.1. The zero-order valence-electron chi connectivity index (χ0n) is 24.2. The molecule has 0 radical (unpaired) electrons. The zero-order valence-corrected chi connectivity index (χ0v) is 27.1. The van der Waals surface area contributed by atoms with Crippen LogP contribution in [-0.4, -0.2) is 58.0 Å². The Morgan fingerprint density at radius 3 is 1.08 bits per heavy atom. The van der Waals surface area contributed by atoms with E-state index in [9.17, 15) is 0 Å². The van der Waals surface area contributed by atoms with E-state index >= 15 is 0 Å². The first-order chi connectivity index (χ1) is 17.7. The highest BCUT2D eigenvalue weighted by Gasteiger charge is 2.10. The van der Waals surface area contributed by atoms with Crippen molar-refractivity contribution in [3.8, 4) is 0 Å². The number of hydrogen-bond acceptors (Lipinski definition) is 4. The van der Waals surface area contributed by atoms with Gasteiger partial charge in [-0.15, -0.1) is 0 Å². The molecule has 0 spiro atoms. The van der Waals surface area contributed by atoms with E-state index in [0.717, 1.165) is 65.0 Å². The summed E-state index contributed by atoms with van der Waals surface area (Å²) in [7, 11) is -0.403. The van der Waals surface area contributed by atoms with E-state index in [2.05, 4.69) is 52.0 Å². The van der Waals surface area contributed by atoms with Gasteiger partial charge in [-0.2, -0.15) is 0 Å². The Morgan fingerprint density at radius 1 is 0.500 bits per heavy atom. The summed E-state index contributed by atoms with van der Waals surface area (Å²) in [4.78, 5) is 0. The fraction of sp³-hybridized carbons (Fsp3) is 0.800. The van der Waals surface area contributed by atoms with Crippen LogP contribution in [0, 0.1) is 0 Å². The molecule has 0 N–H and O–H groups in total. The third kappa shape index (κ3) is 18.7.